The quantitative estimate of drug-likeness (QED) is 0.343. The van der Waals surface area contributed by atoms with Crippen molar-refractivity contribution < 1.29 is 13.1 Å². The third-order valence-electron chi connectivity index (χ3n) is 7.01. The molecule has 30 heavy (non-hydrogen) atoms. The van der Waals surface area contributed by atoms with Crippen molar-refractivity contribution in [3.8, 4) is 11.4 Å². The zero-order valence-electron chi connectivity index (χ0n) is 21.7. The average Bonchev–Trinajstić information content (AvgIpc) is 3.09. The maximum Gasteiger partial charge on any atom is 0.334 e. The summed E-state index contributed by atoms with van der Waals surface area (Å²) in [7, 11) is 1.84. The Hall–Kier alpha value is -2.68. The monoisotopic (exact) mass is 402 g/mol. The fourth-order valence-electron chi connectivity index (χ4n) is 5.23. The average molecular weight is 403 g/mol. The zero-order valence-corrected chi connectivity index (χ0v) is 18.7. The van der Waals surface area contributed by atoms with Crippen LogP contribution in [0.3, 0.4) is 0 Å². The van der Waals surface area contributed by atoms with Gasteiger partial charge in [-0.05, 0) is 65.2 Å². The van der Waals surface area contributed by atoms with Crippen LogP contribution in [0, 0.1) is 13.8 Å². The molecule has 0 aliphatic heterocycles. The van der Waals surface area contributed by atoms with Crippen LogP contribution in [0.5, 0.6) is 0 Å². The van der Waals surface area contributed by atoms with Crippen LogP contribution in [0.25, 0.3) is 33.3 Å². The molecule has 2 heterocycles. The molecular formula is C27H31N2O+. The van der Waals surface area contributed by atoms with E-state index in [0.717, 1.165) is 40.5 Å². The Kier molecular flexibility index (Phi) is 3.30. The van der Waals surface area contributed by atoms with E-state index < -0.39 is 6.85 Å². The van der Waals surface area contributed by atoms with Crippen LogP contribution in [0.1, 0.15) is 66.9 Å². The van der Waals surface area contributed by atoms with Gasteiger partial charge in [-0.1, -0.05) is 45.9 Å². The number of aromatic nitrogens is 2. The van der Waals surface area contributed by atoms with Crippen LogP contribution in [-0.2, 0) is 17.9 Å². The van der Waals surface area contributed by atoms with Crippen LogP contribution < -0.4 is 4.57 Å². The molecule has 2 aromatic heterocycles. The Morgan fingerprint density at radius 1 is 1.07 bits per heavy atom. The van der Waals surface area contributed by atoms with Crippen molar-refractivity contribution in [2.75, 3.05) is 0 Å². The summed E-state index contributed by atoms with van der Waals surface area (Å²) in [6, 6.07) is 8.64. The summed E-state index contributed by atoms with van der Waals surface area (Å²) in [4.78, 5) is 4.58. The van der Waals surface area contributed by atoms with Crippen LogP contribution in [0.15, 0.2) is 41.1 Å². The molecule has 0 bridgehead atoms. The first kappa shape index (κ1) is 16.1. The van der Waals surface area contributed by atoms with Gasteiger partial charge in [0.05, 0.1) is 13.2 Å². The molecule has 3 heteroatoms. The van der Waals surface area contributed by atoms with Gasteiger partial charge in [0.15, 0.2) is 5.58 Å². The minimum atomic E-state index is -2.19. The van der Waals surface area contributed by atoms with E-state index in [1.807, 2.05) is 14.0 Å². The molecule has 2 aromatic carbocycles. The van der Waals surface area contributed by atoms with E-state index in [9.17, 15) is 0 Å². The Balaban J connectivity index is 1.85. The number of hydrogen-bond donors (Lipinski definition) is 0. The molecule has 0 saturated heterocycles. The smallest absolute Gasteiger partial charge is 0.334 e. The van der Waals surface area contributed by atoms with Gasteiger partial charge in [-0.3, -0.25) is 0 Å². The van der Waals surface area contributed by atoms with Crippen molar-refractivity contribution >= 4 is 21.9 Å². The molecule has 0 unspecified atom stereocenters. The molecular weight excluding hydrogens is 368 g/mol. The second-order valence-electron chi connectivity index (χ2n) is 10.1. The molecule has 0 atom stereocenters. The Morgan fingerprint density at radius 2 is 1.83 bits per heavy atom. The molecule has 154 valence electrons. The Labute approximate surface area is 183 Å². The minimum Gasteiger partial charge on any atom is -0.455 e. The van der Waals surface area contributed by atoms with Gasteiger partial charge in [0.25, 0.3) is 0 Å². The zero-order chi connectivity index (χ0) is 23.9. The number of benzene rings is 2. The second-order valence-corrected chi connectivity index (χ2v) is 10.1. The first-order valence-electron chi connectivity index (χ1n) is 12.2. The molecule has 5 rings (SSSR count). The van der Waals surface area contributed by atoms with Gasteiger partial charge in [0, 0.05) is 20.4 Å². The van der Waals surface area contributed by atoms with Crippen molar-refractivity contribution in [2.45, 2.75) is 65.1 Å². The lowest BCUT2D eigenvalue weighted by Crippen LogP contribution is -2.33. The van der Waals surface area contributed by atoms with Crippen LogP contribution in [0.2, 0.25) is 0 Å². The summed E-state index contributed by atoms with van der Waals surface area (Å²) in [5, 5.41) is 2.29. The highest BCUT2D eigenvalue weighted by Crippen LogP contribution is 2.51. The van der Waals surface area contributed by atoms with Crippen LogP contribution in [0.4, 0.5) is 0 Å². The van der Waals surface area contributed by atoms with Crippen LogP contribution >= 0.6 is 0 Å². The fourth-order valence-corrected chi connectivity index (χ4v) is 5.23. The van der Waals surface area contributed by atoms with E-state index in [1.54, 1.807) is 10.8 Å². The van der Waals surface area contributed by atoms with Crippen molar-refractivity contribution in [3.05, 3.63) is 58.9 Å². The SMILES string of the molecule is [2H]C([2H])([2H])c1cnc(-c2c(C)ccc3c2oc2ccc4c(c23)C(C)(C)CCC4(C)C)[n+](C)c1. The van der Waals surface area contributed by atoms with E-state index in [4.69, 9.17) is 8.53 Å². The molecule has 0 N–H and O–H groups in total. The predicted octanol–water partition coefficient (Wildman–Crippen LogP) is 6.44. The van der Waals surface area contributed by atoms with Crippen molar-refractivity contribution in [1.82, 2.24) is 4.98 Å². The molecule has 0 saturated carbocycles. The molecule has 0 spiro atoms. The largest absolute Gasteiger partial charge is 0.455 e. The van der Waals surface area contributed by atoms with Gasteiger partial charge >= 0.3 is 5.82 Å². The first-order valence-corrected chi connectivity index (χ1v) is 10.7. The van der Waals surface area contributed by atoms with Gasteiger partial charge in [-0.25, -0.2) is 4.57 Å². The highest BCUT2D eigenvalue weighted by molar-refractivity contribution is 6.11. The van der Waals surface area contributed by atoms with Gasteiger partial charge in [-0.15, -0.1) is 0 Å². The Bertz CT molecular complexity index is 1430. The molecule has 3 nitrogen and oxygen atoms in total. The van der Waals surface area contributed by atoms with Gasteiger partial charge in [0.1, 0.15) is 17.3 Å². The number of rotatable bonds is 1. The van der Waals surface area contributed by atoms with Gasteiger partial charge < -0.3 is 4.42 Å². The number of fused-ring (bicyclic) bond motifs is 5. The first-order chi connectivity index (χ1) is 15.3. The highest BCUT2D eigenvalue weighted by Gasteiger charge is 2.39. The van der Waals surface area contributed by atoms with E-state index in [0.29, 0.717) is 5.82 Å². The maximum atomic E-state index is 7.71. The summed E-state index contributed by atoms with van der Waals surface area (Å²) in [5.41, 5.74) is 6.84. The summed E-state index contributed by atoms with van der Waals surface area (Å²) in [6.07, 6.45) is 5.39. The van der Waals surface area contributed by atoms with Crippen molar-refractivity contribution in [2.24, 2.45) is 7.05 Å². The van der Waals surface area contributed by atoms with E-state index in [-0.39, 0.29) is 16.4 Å². The number of furan rings is 1. The standard InChI is InChI=1S/C27H31N2O/c1-16-14-28-25(29(7)15-16)21-17(2)8-9-18-22-20(30-24(18)21)11-10-19-23(22)27(5,6)13-12-26(19,3)4/h8-11,14-15H,12-13H2,1-7H3/q+1/i1D3. The minimum absolute atomic E-state index is 0.0521. The van der Waals surface area contributed by atoms with E-state index in [1.165, 1.54) is 22.7 Å². The molecule has 4 aromatic rings. The van der Waals surface area contributed by atoms with E-state index >= 15 is 0 Å². The summed E-state index contributed by atoms with van der Waals surface area (Å²) in [6.45, 7) is 9.19. The number of hydrogen-bond acceptors (Lipinski definition) is 2. The summed E-state index contributed by atoms with van der Waals surface area (Å²) in [5.74, 6) is 0.693. The lowest BCUT2D eigenvalue weighted by atomic mass is 9.62. The molecule has 1 aliphatic carbocycles. The maximum absolute atomic E-state index is 7.71. The molecule has 0 radical (unpaired) electrons. The topological polar surface area (TPSA) is 29.9 Å². The van der Waals surface area contributed by atoms with Gasteiger partial charge in [-0.2, -0.15) is 0 Å². The normalized spacial score (nSPS) is 19.3. The lowest BCUT2D eigenvalue weighted by Gasteiger charge is -2.42. The molecule has 1 aliphatic rings. The number of aryl methyl sites for hydroxylation is 3. The summed E-state index contributed by atoms with van der Waals surface area (Å²) < 4.78 is 31.5. The molecule has 0 fully saturated rings. The van der Waals surface area contributed by atoms with Crippen LogP contribution in [-0.4, -0.2) is 4.98 Å². The fraction of sp³-hybridized carbons (Fsp3) is 0.407. The summed E-state index contributed by atoms with van der Waals surface area (Å²) >= 11 is 0. The third kappa shape index (κ3) is 2.64. The number of nitrogens with zero attached hydrogens (tertiary/aromatic N) is 2. The van der Waals surface area contributed by atoms with E-state index in [2.05, 4.69) is 56.9 Å². The van der Waals surface area contributed by atoms with Gasteiger partial charge in [0.2, 0.25) is 0 Å². The predicted molar refractivity (Wildman–Crippen MR) is 123 cm³/mol. The highest BCUT2D eigenvalue weighted by atomic mass is 16.3. The molecule has 0 amide bonds. The second kappa shape index (κ2) is 6.16. The lowest BCUT2D eigenvalue weighted by molar-refractivity contribution is -0.663. The third-order valence-corrected chi connectivity index (χ3v) is 7.01. The van der Waals surface area contributed by atoms with Crippen molar-refractivity contribution in [3.63, 3.8) is 0 Å². The van der Waals surface area contributed by atoms with Crippen molar-refractivity contribution in [1.29, 1.82) is 0 Å². The Morgan fingerprint density at radius 3 is 2.57 bits per heavy atom.